The minimum atomic E-state index is -0.0765. The molecule has 0 spiro atoms. The van der Waals surface area contributed by atoms with Gasteiger partial charge in [-0.25, -0.2) is 0 Å². The van der Waals surface area contributed by atoms with E-state index in [0.717, 1.165) is 17.8 Å². The van der Waals surface area contributed by atoms with Crippen molar-refractivity contribution in [3.05, 3.63) is 71.5 Å². The Balaban J connectivity index is 1.74. The van der Waals surface area contributed by atoms with Crippen LogP contribution in [0.25, 0.3) is 0 Å². The number of nitrogens with zero attached hydrogens (tertiary/aromatic N) is 1. The highest BCUT2D eigenvalue weighted by Crippen LogP contribution is 2.41. The van der Waals surface area contributed by atoms with Gasteiger partial charge in [0.15, 0.2) is 0 Å². The van der Waals surface area contributed by atoms with E-state index in [9.17, 15) is 0 Å². The van der Waals surface area contributed by atoms with Gasteiger partial charge in [-0.2, -0.15) is 0 Å². The largest absolute Gasteiger partial charge is 0.376 e. The summed E-state index contributed by atoms with van der Waals surface area (Å²) in [6.07, 6.45) is 14.0. The number of hydrogen-bond donors (Lipinski definition) is 1. The number of hydrogen-bond acceptors (Lipinski definition) is 4. The van der Waals surface area contributed by atoms with Crippen LogP contribution in [0.15, 0.2) is 76.5 Å². The third-order valence-electron chi connectivity index (χ3n) is 4.49. The standard InChI is InChI=1S/C20H20N2S2/c1-20(19-11-5-7-13-24-19)14-17(18-10-4-6-12-23-18)21-15-8-2-3-9-16(15)22-20/h2-13,18-19,22H,14H2,1H3. The number of rotatable bonds is 2. The molecule has 4 heteroatoms. The molecule has 1 aromatic rings. The van der Waals surface area contributed by atoms with E-state index in [1.165, 1.54) is 5.71 Å². The van der Waals surface area contributed by atoms with Crippen molar-refractivity contribution >= 4 is 40.6 Å². The number of fused-ring (bicyclic) bond motifs is 1. The Hall–Kier alpha value is -1.65. The summed E-state index contributed by atoms with van der Waals surface area (Å²) in [5.41, 5.74) is 3.33. The van der Waals surface area contributed by atoms with E-state index in [1.54, 1.807) is 0 Å². The zero-order chi connectivity index (χ0) is 16.4. The van der Waals surface area contributed by atoms with Gasteiger partial charge in [-0.15, -0.1) is 23.5 Å². The Morgan fingerprint density at radius 1 is 1.04 bits per heavy atom. The first-order valence-electron chi connectivity index (χ1n) is 8.17. The van der Waals surface area contributed by atoms with Gasteiger partial charge in [0.25, 0.3) is 0 Å². The lowest BCUT2D eigenvalue weighted by molar-refractivity contribution is 0.553. The molecule has 122 valence electrons. The molecule has 0 saturated carbocycles. The second kappa shape index (κ2) is 6.69. The SMILES string of the molecule is CC1(C2C=CC=CS2)CC(C2C=CC=CS2)=Nc2ccccc2N1. The fourth-order valence-corrected chi connectivity index (χ4v) is 5.06. The summed E-state index contributed by atoms with van der Waals surface area (Å²) in [5, 5.41) is 8.84. The van der Waals surface area contributed by atoms with Crippen molar-refractivity contribution in [2.45, 2.75) is 29.4 Å². The van der Waals surface area contributed by atoms with Crippen molar-refractivity contribution < 1.29 is 0 Å². The van der Waals surface area contributed by atoms with E-state index in [4.69, 9.17) is 4.99 Å². The fourth-order valence-electron chi connectivity index (χ4n) is 3.26. The lowest BCUT2D eigenvalue weighted by Crippen LogP contribution is -2.46. The number of aliphatic imine (C=N–C) groups is 1. The maximum Gasteiger partial charge on any atom is 0.0861 e. The van der Waals surface area contributed by atoms with Crippen molar-refractivity contribution in [3.63, 3.8) is 0 Å². The molecule has 0 fully saturated rings. The molecule has 0 aromatic heterocycles. The molecule has 4 rings (SSSR count). The molecule has 3 aliphatic heterocycles. The van der Waals surface area contributed by atoms with E-state index in [1.807, 2.05) is 23.5 Å². The molecular weight excluding hydrogens is 332 g/mol. The van der Waals surface area contributed by atoms with E-state index < -0.39 is 0 Å². The molecule has 0 aliphatic carbocycles. The maximum absolute atomic E-state index is 5.05. The first kappa shape index (κ1) is 15.9. The molecule has 3 aliphatic rings. The van der Waals surface area contributed by atoms with Gasteiger partial charge < -0.3 is 5.32 Å². The molecular formula is C20H20N2S2. The minimum Gasteiger partial charge on any atom is -0.376 e. The van der Waals surface area contributed by atoms with E-state index in [2.05, 4.69) is 83.8 Å². The van der Waals surface area contributed by atoms with Crippen molar-refractivity contribution in [2.24, 2.45) is 4.99 Å². The molecule has 1 aromatic carbocycles. The van der Waals surface area contributed by atoms with Gasteiger partial charge in [-0.05, 0) is 29.9 Å². The number of anilines is 1. The molecule has 1 N–H and O–H groups in total. The zero-order valence-corrected chi connectivity index (χ0v) is 15.2. The highest BCUT2D eigenvalue weighted by atomic mass is 32.2. The molecule has 0 amide bonds. The fraction of sp³-hybridized carbons (Fsp3) is 0.250. The summed E-state index contributed by atoms with van der Waals surface area (Å²) in [4.78, 5) is 5.05. The average molecular weight is 353 g/mol. The summed E-state index contributed by atoms with van der Waals surface area (Å²) in [5.74, 6) is 0. The second-order valence-corrected chi connectivity index (χ2v) is 8.48. The van der Waals surface area contributed by atoms with Crippen LogP contribution in [0.4, 0.5) is 11.4 Å². The lowest BCUT2D eigenvalue weighted by atomic mass is 9.88. The van der Waals surface area contributed by atoms with Gasteiger partial charge in [0.05, 0.1) is 27.4 Å². The van der Waals surface area contributed by atoms with Crippen LogP contribution in [0.3, 0.4) is 0 Å². The normalized spacial score (nSPS) is 31.1. The lowest BCUT2D eigenvalue weighted by Gasteiger charge is -2.38. The maximum atomic E-state index is 5.05. The first-order valence-corrected chi connectivity index (χ1v) is 10.1. The van der Waals surface area contributed by atoms with Crippen molar-refractivity contribution in [2.75, 3.05) is 5.32 Å². The van der Waals surface area contributed by atoms with Crippen LogP contribution < -0.4 is 5.32 Å². The van der Waals surface area contributed by atoms with Gasteiger partial charge in [-0.3, -0.25) is 4.99 Å². The van der Waals surface area contributed by atoms with Crippen LogP contribution in [-0.4, -0.2) is 21.8 Å². The van der Waals surface area contributed by atoms with E-state index in [-0.39, 0.29) is 5.54 Å². The Morgan fingerprint density at radius 3 is 2.58 bits per heavy atom. The summed E-state index contributed by atoms with van der Waals surface area (Å²) < 4.78 is 0. The molecule has 0 saturated heterocycles. The smallest absolute Gasteiger partial charge is 0.0861 e. The number of nitrogens with one attached hydrogen (secondary N) is 1. The molecule has 3 unspecified atom stereocenters. The van der Waals surface area contributed by atoms with Crippen LogP contribution in [0.2, 0.25) is 0 Å². The molecule has 2 nitrogen and oxygen atoms in total. The highest BCUT2D eigenvalue weighted by Gasteiger charge is 2.38. The summed E-state index contributed by atoms with van der Waals surface area (Å²) in [7, 11) is 0. The van der Waals surface area contributed by atoms with Gasteiger partial charge in [0.1, 0.15) is 0 Å². The predicted octanol–water partition coefficient (Wildman–Crippen LogP) is 5.70. The summed E-state index contributed by atoms with van der Waals surface area (Å²) >= 11 is 3.71. The zero-order valence-electron chi connectivity index (χ0n) is 13.6. The van der Waals surface area contributed by atoms with Crippen molar-refractivity contribution in [3.8, 4) is 0 Å². The average Bonchev–Trinajstić information content (AvgIpc) is 2.80. The molecule has 0 bridgehead atoms. The van der Waals surface area contributed by atoms with Crippen molar-refractivity contribution in [1.82, 2.24) is 0 Å². The Morgan fingerprint density at radius 2 is 1.83 bits per heavy atom. The topological polar surface area (TPSA) is 24.4 Å². The number of benzene rings is 1. The van der Waals surface area contributed by atoms with Gasteiger partial charge in [-0.1, -0.05) is 48.6 Å². The van der Waals surface area contributed by atoms with Gasteiger partial charge in [0, 0.05) is 12.1 Å². The van der Waals surface area contributed by atoms with Crippen LogP contribution in [0, 0.1) is 0 Å². The molecule has 0 radical (unpaired) electrons. The van der Waals surface area contributed by atoms with E-state index >= 15 is 0 Å². The van der Waals surface area contributed by atoms with Crippen LogP contribution in [0.1, 0.15) is 13.3 Å². The minimum absolute atomic E-state index is 0.0765. The van der Waals surface area contributed by atoms with Crippen molar-refractivity contribution in [1.29, 1.82) is 0 Å². The Kier molecular flexibility index (Phi) is 4.42. The summed E-state index contributed by atoms with van der Waals surface area (Å²) in [6, 6.07) is 8.38. The Labute approximate surface area is 151 Å². The quantitative estimate of drug-likeness (QED) is 0.738. The number of allylic oxidation sites excluding steroid dienone is 4. The molecule has 24 heavy (non-hydrogen) atoms. The summed E-state index contributed by atoms with van der Waals surface area (Å²) in [6.45, 7) is 2.32. The monoisotopic (exact) mass is 352 g/mol. The molecule has 3 heterocycles. The van der Waals surface area contributed by atoms with Gasteiger partial charge >= 0.3 is 0 Å². The van der Waals surface area contributed by atoms with Crippen LogP contribution in [0.5, 0.6) is 0 Å². The first-order chi connectivity index (χ1) is 11.7. The van der Waals surface area contributed by atoms with E-state index in [0.29, 0.717) is 10.5 Å². The van der Waals surface area contributed by atoms with Gasteiger partial charge in [0.2, 0.25) is 0 Å². The van der Waals surface area contributed by atoms with Crippen LogP contribution in [-0.2, 0) is 0 Å². The Bertz CT molecular complexity index is 776. The highest BCUT2D eigenvalue weighted by molar-refractivity contribution is 8.03. The number of para-hydroxylation sites is 2. The molecule has 3 atom stereocenters. The number of thioether (sulfide) groups is 2. The van der Waals surface area contributed by atoms with Crippen LogP contribution >= 0.6 is 23.5 Å². The third kappa shape index (κ3) is 3.13. The third-order valence-corrected chi connectivity index (χ3v) is 6.82. The second-order valence-electron chi connectivity index (χ2n) is 6.38. The predicted molar refractivity (Wildman–Crippen MR) is 109 cm³/mol.